The molecule has 1 fully saturated rings. The fraction of sp³-hybridized carbons (Fsp3) is 0.304. The number of hydrogen-bond donors (Lipinski definition) is 2. The van der Waals surface area contributed by atoms with Gasteiger partial charge in [-0.1, -0.05) is 25.5 Å². The molecule has 0 aliphatic heterocycles. The monoisotopic (exact) mass is 391 g/mol. The molecule has 4 aromatic rings. The summed E-state index contributed by atoms with van der Waals surface area (Å²) in [6.45, 7) is 2.07. The number of rotatable bonds is 6. The van der Waals surface area contributed by atoms with Gasteiger partial charge in [0.05, 0.1) is 17.1 Å². The second kappa shape index (κ2) is 7.03. The van der Waals surface area contributed by atoms with Crippen LogP contribution in [0.25, 0.3) is 22.0 Å². The fourth-order valence-electron chi connectivity index (χ4n) is 3.99. The number of para-hydroxylation sites is 2. The molecule has 1 aliphatic rings. The third-order valence-corrected chi connectivity index (χ3v) is 5.62. The van der Waals surface area contributed by atoms with Gasteiger partial charge in [-0.25, -0.2) is 9.37 Å². The Kier molecular flexibility index (Phi) is 4.34. The van der Waals surface area contributed by atoms with Crippen LogP contribution in [0.2, 0.25) is 0 Å². The minimum atomic E-state index is -0.299. The maximum absolute atomic E-state index is 13.5. The molecule has 29 heavy (non-hydrogen) atoms. The van der Waals surface area contributed by atoms with Crippen LogP contribution in [0.4, 0.5) is 4.39 Å². The number of nitrogens with one attached hydrogen (secondary N) is 2. The van der Waals surface area contributed by atoms with Crippen molar-refractivity contribution >= 4 is 27.9 Å². The van der Waals surface area contributed by atoms with Gasteiger partial charge in [0.2, 0.25) is 5.91 Å². The van der Waals surface area contributed by atoms with Gasteiger partial charge in [-0.2, -0.15) is 0 Å². The van der Waals surface area contributed by atoms with Gasteiger partial charge >= 0.3 is 0 Å². The van der Waals surface area contributed by atoms with Crippen molar-refractivity contribution in [3.8, 4) is 0 Å². The van der Waals surface area contributed by atoms with Crippen LogP contribution in [0, 0.1) is 11.7 Å². The number of nitrogens with zero attached hydrogens (tertiary/aromatic N) is 1. The number of hydrogen-bond acceptors (Lipinski definition) is 3. The molecule has 0 spiro atoms. The van der Waals surface area contributed by atoms with E-state index in [9.17, 15) is 9.18 Å². The number of halogens is 1. The number of imidazole rings is 1. The molecule has 1 aliphatic carbocycles. The van der Waals surface area contributed by atoms with Crippen molar-refractivity contribution in [3.05, 3.63) is 65.9 Å². The van der Waals surface area contributed by atoms with E-state index in [0.717, 1.165) is 36.1 Å². The molecule has 6 heteroatoms. The lowest BCUT2D eigenvalue weighted by atomic mass is 10.1. The molecule has 0 radical (unpaired) electrons. The van der Waals surface area contributed by atoms with Gasteiger partial charge in [-0.05, 0) is 49.2 Å². The largest absolute Gasteiger partial charge is 0.459 e. The average molecular weight is 391 g/mol. The number of fused-ring (bicyclic) bond motifs is 2. The zero-order chi connectivity index (χ0) is 20.0. The highest BCUT2D eigenvalue weighted by molar-refractivity contribution is 5.84. The SMILES string of the molecule is CCCC(NC(=O)[C@H]1C[C@@H]1c1nc2ccccc2[nH]1)c1cc2cc(F)ccc2o1. The molecule has 1 unspecified atom stereocenters. The van der Waals surface area contributed by atoms with E-state index in [-0.39, 0.29) is 29.6 Å². The molecule has 2 heterocycles. The summed E-state index contributed by atoms with van der Waals surface area (Å²) < 4.78 is 19.4. The second-order valence-corrected chi connectivity index (χ2v) is 7.77. The van der Waals surface area contributed by atoms with Crippen LogP contribution in [-0.4, -0.2) is 15.9 Å². The number of aromatic amines is 1. The number of aromatic nitrogens is 2. The van der Waals surface area contributed by atoms with Crippen molar-refractivity contribution in [1.29, 1.82) is 0 Å². The van der Waals surface area contributed by atoms with Gasteiger partial charge in [-0.3, -0.25) is 4.79 Å². The van der Waals surface area contributed by atoms with Crippen LogP contribution < -0.4 is 5.32 Å². The Morgan fingerprint density at radius 2 is 2.17 bits per heavy atom. The van der Waals surface area contributed by atoms with Crippen molar-refractivity contribution in [2.75, 3.05) is 0 Å². The lowest BCUT2D eigenvalue weighted by molar-refractivity contribution is -0.123. The van der Waals surface area contributed by atoms with E-state index in [4.69, 9.17) is 4.42 Å². The Hall–Kier alpha value is -3.15. The van der Waals surface area contributed by atoms with Crippen molar-refractivity contribution in [2.45, 2.75) is 38.1 Å². The smallest absolute Gasteiger partial charge is 0.224 e. The molecular formula is C23H22FN3O2. The molecule has 3 atom stereocenters. The summed E-state index contributed by atoms with van der Waals surface area (Å²) >= 11 is 0. The van der Waals surface area contributed by atoms with Gasteiger partial charge in [0.1, 0.15) is 23.0 Å². The molecule has 2 N–H and O–H groups in total. The number of amides is 1. The Bertz CT molecular complexity index is 1160. The Labute approximate surface area is 167 Å². The maximum atomic E-state index is 13.5. The van der Waals surface area contributed by atoms with Gasteiger partial charge in [0.15, 0.2) is 0 Å². The van der Waals surface area contributed by atoms with Gasteiger partial charge in [0, 0.05) is 17.2 Å². The highest BCUT2D eigenvalue weighted by Gasteiger charge is 2.46. The number of carbonyl (C=O) groups is 1. The van der Waals surface area contributed by atoms with Gasteiger partial charge in [0.25, 0.3) is 0 Å². The van der Waals surface area contributed by atoms with Crippen molar-refractivity contribution in [1.82, 2.24) is 15.3 Å². The summed E-state index contributed by atoms with van der Waals surface area (Å²) in [5.74, 6) is 1.29. The van der Waals surface area contributed by atoms with Crippen molar-refractivity contribution in [2.24, 2.45) is 5.92 Å². The normalized spacial score (nSPS) is 19.5. The third-order valence-electron chi connectivity index (χ3n) is 5.62. The number of benzene rings is 2. The molecule has 0 bridgehead atoms. The molecule has 148 valence electrons. The van der Waals surface area contributed by atoms with E-state index in [2.05, 4.69) is 22.2 Å². The van der Waals surface area contributed by atoms with Crippen LogP contribution in [0.1, 0.15) is 49.7 Å². The zero-order valence-corrected chi connectivity index (χ0v) is 16.1. The Balaban J connectivity index is 1.32. The second-order valence-electron chi connectivity index (χ2n) is 7.77. The predicted octanol–water partition coefficient (Wildman–Crippen LogP) is 5.21. The van der Waals surface area contributed by atoms with E-state index >= 15 is 0 Å². The Morgan fingerprint density at radius 3 is 3.00 bits per heavy atom. The average Bonchev–Trinajstić information content (AvgIpc) is 3.22. The molecule has 5 nitrogen and oxygen atoms in total. The quantitative estimate of drug-likeness (QED) is 0.474. The molecule has 2 aromatic carbocycles. The summed E-state index contributed by atoms with van der Waals surface area (Å²) in [5, 5.41) is 3.85. The summed E-state index contributed by atoms with van der Waals surface area (Å²) in [6.07, 6.45) is 2.44. The lowest BCUT2D eigenvalue weighted by Crippen LogP contribution is -2.30. The van der Waals surface area contributed by atoms with E-state index in [0.29, 0.717) is 16.7 Å². The first kappa shape index (κ1) is 17.9. The predicted molar refractivity (Wildman–Crippen MR) is 109 cm³/mol. The number of carbonyl (C=O) groups excluding carboxylic acids is 1. The van der Waals surface area contributed by atoms with Crippen LogP contribution in [-0.2, 0) is 4.79 Å². The van der Waals surface area contributed by atoms with Gasteiger partial charge < -0.3 is 14.7 Å². The van der Waals surface area contributed by atoms with Crippen LogP contribution in [0.5, 0.6) is 0 Å². The first-order valence-electron chi connectivity index (χ1n) is 10.1. The molecule has 1 saturated carbocycles. The standard InChI is InChI=1S/C23H22FN3O2/c1-2-5-19(21-11-13-10-14(24)8-9-20(13)29-21)27-23(28)16-12-15(16)22-25-17-6-3-4-7-18(17)26-22/h3-4,6-11,15-16,19H,2,5,12H2,1H3,(H,25,26)(H,27,28)/t15-,16-,19?/m0/s1. The summed E-state index contributed by atoms with van der Waals surface area (Å²) in [7, 11) is 0. The molecular weight excluding hydrogens is 369 g/mol. The number of H-pyrrole nitrogens is 1. The van der Waals surface area contributed by atoms with Crippen molar-refractivity contribution in [3.63, 3.8) is 0 Å². The minimum Gasteiger partial charge on any atom is -0.459 e. The maximum Gasteiger partial charge on any atom is 0.224 e. The fourth-order valence-corrected chi connectivity index (χ4v) is 3.99. The third kappa shape index (κ3) is 3.39. The minimum absolute atomic E-state index is 0.0144. The van der Waals surface area contributed by atoms with Crippen LogP contribution in [0.15, 0.2) is 52.9 Å². The molecule has 0 saturated heterocycles. The summed E-state index contributed by atoms with van der Waals surface area (Å²) in [5.41, 5.74) is 2.54. The molecule has 1 amide bonds. The van der Waals surface area contributed by atoms with E-state index in [1.165, 1.54) is 12.1 Å². The lowest BCUT2D eigenvalue weighted by Gasteiger charge is -2.15. The van der Waals surface area contributed by atoms with Gasteiger partial charge in [-0.15, -0.1) is 0 Å². The van der Waals surface area contributed by atoms with E-state index < -0.39 is 0 Å². The Morgan fingerprint density at radius 1 is 1.31 bits per heavy atom. The first-order valence-corrected chi connectivity index (χ1v) is 10.1. The number of furan rings is 1. The van der Waals surface area contributed by atoms with E-state index in [1.807, 2.05) is 30.3 Å². The zero-order valence-electron chi connectivity index (χ0n) is 16.1. The highest BCUT2D eigenvalue weighted by atomic mass is 19.1. The molecule has 2 aromatic heterocycles. The van der Waals surface area contributed by atoms with Crippen LogP contribution in [0.3, 0.4) is 0 Å². The van der Waals surface area contributed by atoms with Crippen molar-refractivity contribution < 1.29 is 13.6 Å². The van der Waals surface area contributed by atoms with E-state index in [1.54, 1.807) is 6.07 Å². The topological polar surface area (TPSA) is 70.9 Å². The summed E-state index contributed by atoms with van der Waals surface area (Å²) in [6, 6.07) is 13.9. The summed E-state index contributed by atoms with van der Waals surface area (Å²) in [4.78, 5) is 20.8. The first-order chi connectivity index (χ1) is 14.1. The molecule has 5 rings (SSSR count). The van der Waals surface area contributed by atoms with Crippen LogP contribution >= 0.6 is 0 Å². The highest BCUT2D eigenvalue weighted by Crippen LogP contribution is 2.47.